The summed E-state index contributed by atoms with van der Waals surface area (Å²) in [4.78, 5) is 25.0. The molecule has 7 heteroatoms. The van der Waals surface area contributed by atoms with Crippen LogP contribution in [0.3, 0.4) is 0 Å². The van der Waals surface area contributed by atoms with Gasteiger partial charge in [-0.15, -0.1) is 0 Å². The highest BCUT2D eigenvalue weighted by molar-refractivity contribution is 5.92. The Morgan fingerprint density at radius 3 is 2.79 bits per heavy atom. The quantitative estimate of drug-likeness (QED) is 0.355. The number of carbonyl (C=O) groups is 1. The second kappa shape index (κ2) is 8.70. The van der Waals surface area contributed by atoms with E-state index in [0.717, 1.165) is 44.9 Å². The Morgan fingerprint density at radius 2 is 1.94 bits per heavy atom. The normalized spacial score (nSPS) is 11.1. The largest absolute Gasteiger partial charge is 0.457 e. The number of aromatic nitrogens is 4. The Bertz CT molecular complexity index is 1470. The van der Waals surface area contributed by atoms with Crippen LogP contribution in [0.4, 0.5) is 11.5 Å². The van der Waals surface area contributed by atoms with Crippen LogP contribution >= 0.6 is 0 Å². The van der Waals surface area contributed by atoms with Crippen molar-refractivity contribution in [2.45, 2.75) is 26.7 Å². The highest BCUT2D eigenvalue weighted by Crippen LogP contribution is 2.30. The molecule has 5 aromatic rings. The van der Waals surface area contributed by atoms with E-state index in [1.807, 2.05) is 79.2 Å². The molecule has 3 aromatic heterocycles. The van der Waals surface area contributed by atoms with Gasteiger partial charge in [0.1, 0.15) is 35.1 Å². The maximum atomic E-state index is 11.9. The summed E-state index contributed by atoms with van der Waals surface area (Å²) in [5.41, 5.74) is 4.49. The van der Waals surface area contributed by atoms with Gasteiger partial charge in [-0.1, -0.05) is 13.0 Å². The highest BCUT2D eigenvalue weighted by atomic mass is 16.5. The summed E-state index contributed by atoms with van der Waals surface area (Å²) in [5, 5.41) is 4.27. The first-order chi connectivity index (χ1) is 16.1. The van der Waals surface area contributed by atoms with Crippen LogP contribution in [-0.4, -0.2) is 25.1 Å². The van der Waals surface area contributed by atoms with Crippen LogP contribution in [0.25, 0.3) is 16.6 Å². The molecule has 2 aromatic carbocycles. The lowest BCUT2D eigenvalue weighted by atomic mass is 10.0. The van der Waals surface area contributed by atoms with E-state index >= 15 is 0 Å². The van der Waals surface area contributed by atoms with Crippen molar-refractivity contribution < 1.29 is 9.53 Å². The average molecular weight is 438 g/mol. The van der Waals surface area contributed by atoms with Crippen LogP contribution < -0.4 is 10.1 Å². The minimum atomic E-state index is 0.207. The van der Waals surface area contributed by atoms with Gasteiger partial charge in [0.2, 0.25) is 0 Å². The zero-order chi connectivity index (χ0) is 22.8. The number of nitrogens with zero attached hydrogens (tertiary/aromatic N) is 4. The fourth-order valence-corrected chi connectivity index (χ4v) is 3.73. The fraction of sp³-hybridized carbons (Fsp3) is 0.154. The van der Waals surface area contributed by atoms with E-state index in [1.54, 1.807) is 6.20 Å². The maximum absolute atomic E-state index is 11.9. The van der Waals surface area contributed by atoms with E-state index < -0.39 is 0 Å². The third kappa shape index (κ3) is 4.39. The molecule has 7 nitrogen and oxygen atoms in total. The summed E-state index contributed by atoms with van der Waals surface area (Å²) in [6.07, 6.45) is 8.05. The standard InChI is InChI=1S/C26H23N5O2/c1-3-20(32)13-18-4-6-23-22(14-18)26(29-16-28-23)30-19-5-7-24(17(2)12-19)33-21-8-10-31-11-9-27-25(31)15-21/h4-12,14-16H,3,13H2,1-2H3,(H,28,29,30). The van der Waals surface area contributed by atoms with Gasteiger partial charge in [0, 0.05) is 48.6 Å². The van der Waals surface area contributed by atoms with Crippen molar-refractivity contribution in [3.63, 3.8) is 0 Å². The van der Waals surface area contributed by atoms with Gasteiger partial charge in [0.25, 0.3) is 0 Å². The molecule has 0 aliphatic rings. The molecule has 0 amide bonds. The van der Waals surface area contributed by atoms with Gasteiger partial charge in [0.05, 0.1) is 5.52 Å². The average Bonchev–Trinajstić information content (AvgIpc) is 3.29. The summed E-state index contributed by atoms with van der Waals surface area (Å²) in [6, 6.07) is 15.6. The monoisotopic (exact) mass is 437 g/mol. The first kappa shape index (κ1) is 20.6. The van der Waals surface area contributed by atoms with Crippen LogP contribution in [-0.2, 0) is 11.2 Å². The first-order valence-corrected chi connectivity index (χ1v) is 10.8. The van der Waals surface area contributed by atoms with Gasteiger partial charge in [-0.2, -0.15) is 0 Å². The van der Waals surface area contributed by atoms with Crippen molar-refractivity contribution in [3.8, 4) is 11.5 Å². The summed E-state index contributed by atoms with van der Waals surface area (Å²) >= 11 is 0. The number of pyridine rings is 1. The van der Waals surface area contributed by atoms with E-state index in [2.05, 4.69) is 20.3 Å². The number of imidazole rings is 1. The number of anilines is 2. The van der Waals surface area contributed by atoms with Gasteiger partial charge in [-0.3, -0.25) is 4.79 Å². The van der Waals surface area contributed by atoms with Crippen molar-refractivity contribution in [3.05, 3.63) is 84.6 Å². The molecule has 0 aliphatic carbocycles. The second-order valence-corrected chi connectivity index (χ2v) is 7.91. The lowest BCUT2D eigenvalue weighted by Crippen LogP contribution is -2.01. The smallest absolute Gasteiger partial charge is 0.141 e. The molecule has 3 heterocycles. The number of fused-ring (bicyclic) bond motifs is 2. The molecule has 0 aliphatic heterocycles. The summed E-state index contributed by atoms with van der Waals surface area (Å²) in [7, 11) is 0. The zero-order valence-corrected chi connectivity index (χ0v) is 18.4. The number of hydrogen-bond donors (Lipinski definition) is 1. The first-order valence-electron chi connectivity index (χ1n) is 10.8. The molecule has 0 saturated heterocycles. The zero-order valence-electron chi connectivity index (χ0n) is 18.4. The van der Waals surface area contributed by atoms with Crippen molar-refractivity contribution in [1.29, 1.82) is 0 Å². The number of rotatable bonds is 7. The number of nitrogens with one attached hydrogen (secondary N) is 1. The van der Waals surface area contributed by atoms with Crippen LogP contribution in [0.1, 0.15) is 24.5 Å². The van der Waals surface area contributed by atoms with Crippen LogP contribution in [0.2, 0.25) is 0 Å². The number of ether oxygens (including phenoxy) is 1. The highest BCUT2D eigenvalue weighted by Gasteiger charge is 2.09. The summed E-state index contributed by atoms with van der Waals surface area (Å²) < 4.78 is 8.02. The van der Waals surface area contributed by atoms with Crippen molar-refractivity contribution in [1.82, 2.24) is 19.4 Å². The lowest BCUT2D eigenvalue weighted by molar-refractivity contribution is -0.118. The molecular weight excluding hydrogens is 414 g/mol. The van der Waals surface area contributed by atoms with Crippen molar-refractivity contribution in [2.24, 2.45) is 0 Å². The van der Waals surface area contributed by atoms with E-state index in [9.17, 15) is 4.79 Å². The van der Waals surface area contributed by atoms with Gasteiger partial charge in [-0.05, 0) is 54.4 Å². The molecule has 0 atom stereocenters. The summed E-state index contributed by atoms with van der Waals surface area (Å²) in [6.45, 7) is 3.88. The Kier molecular flexibility index (Phi) is 5.44. The molecule has 0 saturated carbocycles. The molecule has 0 bridgehead atoms. The molecule has 0 fully saturated rings. The number of Topliss-reactive ketones (excluding diaryl/α,β-unsaturated/α-hetero) is 1. The molecule has 0 unspecified atom stereocenters. The van der Waals surface area contributed by atoms with Gasteiger partial charge in [0.15, 0.2) is 0 Å². The molecule has 0 radical (unpaired) electrons. The summed E-state index contributed by atoms with van der Waals surface area (Å²) in [5.74, 6) is 2.40. The molecule has 0 spiro atoms. The Morgan fingerprint density at radius 1 is 1.03 bits per heavy atom. The van der Waals surface area contributed by atoms with E-state index in [1.165, 1.54) is 6.33 Å². The number of carbonyl (C=O) groups excluding carboxylic acids is 1. The minimum Gasteiger partial charge on any atom is -0.457 e. The molecular formula is C26H23N5O2. The number of ketones is 1. The second-order valence-electron chi connectivity index (χ2n) is 7.91. The number of aryl methyl sites for hydroxylation is 1. The molecule has 33 heavy (non-hydrogen) atoms. The number of hydrogen-bond acceptors (Lipinski definition) is 6. The van der Waals surface area contributed by atoms with Crippen LogP contribution in [0, 0.1) is 6.92 Å². The van der Waals surface area contributed by atoms with E-state index in [0.29, 0.717) is 18.7 Å². The van der Waals surface area contributed by atoms with Gasteiger partial charge < -0.3 is 14.5 Å². The Balaban J connectivity index is 1.39. The molecule has 1 N–H and O–H groups in total. The van der Waals surface area contributed by atoms with Crippen molar-refractivity contribution in [2.75, 3.05) is 5.32 Å². The lowest BCUT2D eigenvalue weighted by Gasteiger charge is -2.13. The topological polar surface area (TPSA) is 81.4 Å². The Labute approximate surface area is 191 Å². The minimum absolute atomic E-state index is 0.207. The van der Waals surface area contributed by atoms with E-state index in [4.69, 9.17) is 4.74 Å². The fourth-order valence-electron chi connectivity index (χ4n) is 3.73. The van der Waals surface area contributed by atoms with E-state index in [-0.39, 0.29) is 5.78 Å². The molecule has 5 rings (SSSR count). The van der Waals surface area contributed by atoms with Gasteiger partial charge >= 0.3 is 0 Å². The van der Waals surface area contributed by atoms with Gasteiger partial charge in [-0.25, -0.2) is 15.0 Å². The third-order valence-corrected chi connectivity index (χ3v) is 5.53. The van der Waals surface area contributed by atoms with Crippen LogP contribution in [0.15, 0.2) is 73.4 Å². The third-order valence-electron chi connectivity index (χ3n) is 5.53. The predicted octanol–water partition coefficient (Wildman–Crippen LogP) is 5.64. The predicted molar refractivity (Wildman–Crippen MR) is 128 cm³/mol. The van der Waals surface area contributed by atoms with Crippen LogP contribution in [0.5, 0.6) is 11.5 Å². The van der Waals surface area contributed by atoms with Crippen molar-refractivity contribution >= 4 is 33.8 Å². The number of benzene rings is 2. The maximum Gasteiger partial charge on any atom is 0.141 e. The SMILES string of the molecule is CCC(=O)Cc1ccc2ncnc(Nc3ccc(Oc4ccn5ccnc5c4)c(C)c3)c2c1. The molecule has 164 valence electrons. The Hall–Kier alpha value is -4.26.